The largest absolute Gasteiger partial charge is 0.491 e. The maximum Gasteiger partial charge on any atom is 0.156 e. The van der Waals surface area contributed by atoms with E-state index in [1.54, 1.807) is 6.92 Å². The van der Waals surface area contributed by atoms with Crippen molar-refractivity contribution in [2.75, 3.05) is 26.2 Å². The summed E-state index contributed by atoms with van der Waals surface area (Å²) in [5, 5.41) is 16.6. The normalized spacial score (nSPS) is 12.4. The van der Waals surface area contributed by atoms with Crippen LogP contribution in [-0.2, 0) is 6.54 Å². The van der Waals surface area contributed by atoms with Gasteiger partial charge in [-0.1, -0.05) is 23.2 Å². The lowest BCUT2D eigenvalue weighted by Crippen LogP contribution is -2.31. The van der Waals surface area contributed by atoms with Gasteiger partial charge in [0.05, 0.1) is 22.8 Å². The predicted octanol–water partition coefficient (Wildman–Crippen LogP) is 2.45. The summed E-state index contributed by atoms with van der Waals surface area (Å²) in [6, 6.07) is 3.71. The van der Waals surface area contributed by atoms with Gasteiger partial charge in [0.15, 0.2) is 5.75 Å². The zero-order valence-corrected chi connectivity index (χ0v) is 13.4. The molecule has 20 heavy (non-hydrogen) atoms. The van der Waals surface area contributed by atoms with E-state index >= 15 is 0 Å². The first-order chi connectivity index (χ1) is 9.54. The van der Waals surface area contributed by atoms with E-state index in [0.717, 1.165) is 18.7 Å². The Labute approximate surface area is 130 Å². The second-order valence-corrected chi connectivity index (χ2v) is 5.37. The fourth-order valence-electron chi connectivity index (χ4n) is 1.72. The van der Waals surface area contributed by atoms with E-state index in [-0.39, 0.29) is 6.10 Å². The van der Waals surface area contributed by atoms with Gasteiger partial charge in [0.1, 0.15) is 0 Å². The average molecular weight is 321 g/mol. The van der Waals surface area contributed by atoms with Crippen LogP contribution in [0.5, 0.6) is 5.75 Å². The monoisotopic (exact) mass is 320 g/mol. The van der Waals surface area contributed by atoms with Crippen LogP contribution in [-0.4, -0.2) is 37.5 Å². The SMILES string of the molecule is CCOc1c(Cl)cc(CNCCNCC(C)O)cc1Cl. The maximum absolute atomic E-state index is 9.09. The van der Waals surface area contributed by atoms with E-state index in [9.17, 15) is 0 Å². The number of hydrogen-bond acceptors (Lipinski definition) is 4. The molecular weight excluding hydrogens is 299 g/mol. The molecule has 3 N–H and O–H groups in total. The quantitative estimate of drug-likeness (QED) is 0.612. The van der Waals surface area contributed by atoms with Gasteiger partial charge in [0.25, 0.3) is 0 Å². The summed E-state index contributed by atoms with van der Waals surface area (Å²) in [6.45, 7) is 7.06. The highest BCUT2D eigenvalue weighted by Gasteiger charge is 2.09. The molecule has 1 atom stereocenters. The molecule has 0 bridgehead atoms. The fraction of sp³-hybridized carbons (Fsp3) is 0.571. The van der Waals surface area contributed by atoms with Crippen LogP contribution in [0.1, 0.15) is 19.4 Å². The van der Waals surface area contributed by atoms with Gasteiger partial charge in [-0.25, -0.2) is 0 Å². The number of aliphatic hydroxyl groups excluding tert-OH is 1. The van der Waals surface area contributed by atoms with Crippen molar-refractivity contribution < 1.29 is 9.84 Å². The lowest BCUT2D eigenvalue weighted by atomic mass is 10.2. The number of hydrogen-bond donors (Lipinski definition) is 3. The van der Waals surface area contributed by atoms with Crippen LogP contribution in [0.2, 0.25) is 10.0 Å². The number of aliphatic hydroxyl groups is 1. The van der Waals surface area contributed by atoms with E-state index in [2.05, 4.69) is 10.6 Å². The Balaban J connectivity index is 2.37. The molecule has 0 saturated heterocycles. The Hall–Kier alpha value is -0.520. The van der Waals surface area contributed by atoms with Gasteiger partial charge in [-0.3, -0.25) is 0 Å². The number of ether oxygens (including phenoxy) is 1. The summed E-state index contributed by atoms with van der Waals surface area (Å²) in [6.07, 6.45) is -0.321. The topological polar surface area (TPSA) is 53.5 Å². The summed E-state index contributed by atoms with van der Waals surface area (Å²) >= 11 is 12.3. The minimum Gasteiger partial charge on any atom is -0.491 e. The van der Waals surface area contributed by atoms with E-state index < -0.39 is 0 Å². The standard InChI is InChI=1S/C14H22Cl2N2O2/c1-3-20-14-12(15)6-11(7-13(14)16)9-18-5-4-17-8-10(2)19/h6-7,10,17-19H,3-5,8-9H2,1-2H3. The first kappa shape index (κ1) is 17.5. The molecule has 0 fully saturated rings. The smallest absolute Gasteiger partial charge is 0.156 e. The Morgan fingerprint density at radius 2 is 1.80 bits per heavy atom. The van der Waals surface area contributed by atoms with Crippen LogP contribution in [0, 0.1) is 0 Å². The lowest BCUT2D eigenvalue weighted by Gasteiger charge is -2.11. The number of halogens is 2. The molecule has 0 aliphatic heterocycles. The van der Waals surface area contributed by atoms with Crippen molar-refractivity contribution in [2.45, 2.75) is 26.5 Å². The van der Waals surface area contributed by atoms with Crippen LogP contribution in [0.15, 0.2) is 12.1 Å². The highest BCUT2D eigenvalue weighted by Crippen LogP contribution is 2.34. The number of rotatable bonds is 9. The van der Waals surface area contributed by atoms with Crippen LogP contribution in [0.3, 0.4) is 0 Å². The summed E-state index contributed by atoms with van der Waals surface area (Å²) in [4.78, 5) is 0. The molecule has 0 radical (unpaired) electrons. The molecule has 6 heteroatoms. The Kier molecular flexibility index (Phi) is 8.26. The zero-order valence-electron chi connectivity index (χ0n) is 11.9. The van der Waals surface area contributed by atoms with Gasteiger partial charge in [-0.15, -0.1) is 0 Å². The van der Waals surface area contributed by atoms with E-state index in [4.69, 9.17) is 33.0 Å². The zero-order chi connectivity index (χ0) is 15.0. The maximum atomic E-state index is 9.09. The molecule has 0 aromatic heterocycles. The summed E-state index contributed by atoms with van der Waals surface area (Å²) < 4.78 is 5.38. The lowest BCUT2D eigenvalue weighted by molar-refractivity contribution is 0.191. The molecule has 1 aromatic carbocycles. The van der Waals surface area contributed by atoms with Crippen molar-refractivity contribution in [2.24, 2.45) is 0 Å². The number of nitrogens with one attached hydrogen (secondary N) is 2. The van der Waals surface area contributed by atoms with Gasteiger partial charge in [-0.2, -0.15) is 0 Å². The van der Waals surface area contributed by atoms with Gasteiger partial charge >= 0.3 is 0 Å². The average Bonchev–Trinajstić information content (AvgIpc) is 2.37. The molecule has 1 aromatic rings. The Bertz CT molecular complexity index is 391. The van der Waals surface area contributed by atoms with Gasteiger partial charge in [-0.05, 0) is 31.5 Å². The Morgan fingerprint density at radius 1 is 1.20 bits per heavy atom. The van der Waals surface area contributed by atoms with Crippen molar-refractivity contribution in [3.05, 3.63) is 27.7 Å². The van der Waals surface area contributed by atoms with Crippen molar-refractivity contribution >= 4 is 23.2 Å². The van der Waals surface area contributed by atoms with Gasteiger partial charge < -0.3 is 20.5 Å². The highest BCUT2D eigenvalue weighted by atomic mass is 35.5. The molecule has 1 rings (SSSR count). The molecule has 1 unspecified atom stereocenters. The second-order valence-electron chi connectivity index (χ2n) is 4.55. The van der Waals surface area contributed by atoms with E-state index in [1.165, 1.54) is 0 Å². The van der Waals surface area contributed by atoms with E-state index in [1.807, 2.05) is 19.1 Å². The Morgan fingerprint density at radius 3 is 2.35 bits per heavy atom. The van der Waals surface area contributed by atoms with Crippen molar-refractivity contribution in [1.82, 2.24) is 10.6 Å². The fourth-order valence-corrected chi connectivity index (χ4v) is 2.36. The number of benzene rings is 1. The van der Waals surface area contributed by atoms with Crippen LogP contribution in [0.4, 0.5) is 0 Å². The first-order valence-electron chi connectivity index (χ1n) is 6.74. The first-order valence-corrected chi connectivity index (χ1v) is 7.50. The van der Waals surface area contributed by atoms with Gasteiger partial charge in [0.2, 0.25) is 0 Å². The molecule has 4 nitrogen and oxygen atoms in total. The molecular formula is C14H22Cl2N2O2. The third kappa shape index (κ3) is 6.29. The molecule has 0 amide bonds. The molecule has 0 aliphatic rings. The summed E-state index contributed by atoms with van der Waals surface area (Å²) in [5.41, 5.74) is 1.01. The molecule has 0 aliphatic carbocycles. The minimum atomic E-state index is -0.321. The second kappa shape index (κ2) is 9.42. The third-order valence-corrected chi connectivity index (χ3v) is 3.16. The summed E-state index contributed by atoms with van der Waals surface area (Å²) in [7, 11) is 0. The van der Waals surface area contributed by atoms with Crippen LogP contribution >= 0.6 is 23.2 Å². The molecule has 114 valence electrons. The highest BCUT2D eigenvalue weighted by molar-refractivity contribution is 6.37. The van der Waals surface area contributed by atoms with Crippen LogP contribution < -0.4 is 15.4 Å². The van der Waals surface area contributed by atoms with Crippen molar-refractivity contribution in [3.63, 3.8) is 0 Å². The van der Waals surface area contributed by atoms with E-state index in [0.29, 0.717) is 35.5 Å². The third-order valence-electron chi connectivity index (χ3n) is 2.59. The molecule has 0 spiro atoms. The van der Waals surface area contributed by atoms with Gasteiger partial charge in [0, 0.05) is 26.2 Å². The van der Waals surface area contributed by atoms with Crippen molar-refractivity contribution in [3.8, 4) is 5.75 Å². The minimum absolute atomic E-state index is 0.321. The predicted molar refractivity (Wildman–Crippen MR) is 83.9 cm³/mol. The van der Waals surface area contributed by atoms with Crippen LogP contribution in [0.25, 0.3) is 0 Å². The van der Waals surface area contributed by atoms with Crippen molar-refractivity contribution in [1.29, 1.82) is 0 Å². The molecule has 0 heterocycles. The summed E-state index contributed by atoms with van der Waals surface area (Å²) in [5.74, 6) is 0.540. The molecule has 0 saturated carbocycles.